The summed E-state index contributed by atoms with van der Waals surface area (Å²) in [5.74, 6) is 0.422. The molecular formula is C11H15BrCl2N2O3S. The lowest BCUT2D eigenvalue weighted by Crippen LogP contribution is -2.32. The highest BCUT2D eigenvalue weighted by Crippen LogP contribution is 2.35. The lowest BCUT2D eigenvalue weighted by Gasteiger charge is -2.17. The van der Waals surface area contributed by atoms with Crippen LogP contribution in [0, 0.1) is 0 Å². The Morgan fingerprint density at radius 1 is 1.50 bits per heavy atom. The van der Waals surface area contributed by atoms with E-state index in [9.17, 15) is 8.42 Å². The maximum atomic E-state index is 12.5. The molecule has 2 rings (SSSR count). The summed E-state index contributed by atoms with van der Waals surface area (Å²) in [6, 6.07) is 2.83. The number of nitrogens with two attached hydrogens (primary N) is 1. The van der Waals surface area contributed by atoms with Gasteiger partial charge in [0.2, 0.25) is 10.0 Å². The molecule has 1 aliphatic rings. The van der Waals surface area contributed by atoms with Gasteiger partial charge in [-0.25, -0.2) is 8.42 Å². The largest absolute Gasteiger partial charge is 0.495 e. The van der Waals surface area contributed by atoms with Gasteiger partial charge in [-0.2, -0.15) is 4.31 Å². The highest BCUT2D eigenvalue weighted by Gasteiger charge is 2.32. The number of nitrogens with zero attached hydrogens (tertiary/aromatic N) is 1. The molecule has 5 nitrogen and oxygen atoms in total. The molecule has 9 heteroatoms. The molecule has 2 N–H and O–H groups in total. The van der Waals surface area contributed by atoms with Crippen molar-refractivity contribution in [1.82, 2.24) is 4.31 Å². The van der Waals surface area contributed by atoms with E-state index in [2.05, 4.69) is 15.9 Å². The van der Waals surface area contributed by atoms with Crippen molar-refractivity contribution < 1.29 is 13.2 Å². The van der Waals surface area contributed by atoms with E-state index in [1.54, 1.807) is 6.07 Å². The van der Waals surface area contributed by atoms with Crippen LogP contribution in [-0.2, 0) is 10.0 Å². The van der Waals surface area contributed by atoms with Gasteiger partial charge in [0, 0.05) is 23.6 Å². The molecule has 1 saturated heterocycles. The molecule has 0 saturated carbocycles. The van der Waals surface area contributed by atoms with Gasteiger partial charge in [0.05, 0.1) is 17.0 Å². The molecule has 1 aromatic rings. The Bertz CT molecular complexity index is 598. The standard InChI is InChI=1S/C11H14BrClN2O3S.ClH/c1-18-10-4-8(12)11(5-9(10)13)19(16,17)15-3-2-7(14)6-15;/h4-5,7H,2-3,6,14H2,1H3;1H/t7-;/m1./s1. The molecule has 1 aliphatic heterocycles. The van der Waals surface area contributed by atoms with Crippen LogP contribution in [0.2, 0.25) is 5.02 Å². The topological polar surface area (TPSA) is 72.6 Å². The second kappa shape index (κ2) is 6.81. The number of hydrogen-bond acceptors (Lipinski definition) is 4. The average Bonchev–Trinajstić information content (AvgIpc) is 2.79. The van der Waals surface area contributed by atoms with Gasteiger partial charge >= 0.3 is 0 Å². The predicted molar refractivity (Wildman–Crippen MR) is 84.3 cm³/mol. The van der Waals surface area contributed by atoms with Crippen LogP contribution < -0.4 is 10.5 Å². The van der Waals surface area contributed by atoms with Crippen LogP contribution in [0.3, 0.4) is 0 Å². The van der Waals surface area contributed by atoms with Crippen LogP contribution in [0.15, 0.2) is 21.5 Å². The van der Waals surface area contributed by atoms with Crippen molar-refractivity contribution in [3.63, 3.8) is 0 Å². The number of benzene rings is 1. The smallest absolute Gasteiger partial charge is 0.244 e. The van der Waals surface area contributed by atoms with Crippen molar-refractivity contribution in [1.29, 1.82) is 0 Å². The van der Waals surface area contributed by atoms with Crippen LogP contribution in [0.1, 0.15) is 6.42 Å². The second-order valence-corrected chi connectivity index (χ2v) is 7.50. The first-order chi connectivity index (χ1) is 8.86. The van der Waals surface area contributed by atoms with Crippen molar-refractivity contribution in [2.75, 3.05) is 20.2 Å². The van der Waals surface area contributed by atoms with Gasteiger partial charge in [0.15, 0.2) is 0 Å². The highest BCUT2D eigenvalue weighted by molar-refractivity contribution is 9.10. The molecule has 0 aromatic heterocycles. The average molecular weight is 406 g/mol. The summed E-state index contributed by atoms with van der Waals surface area (Å²) in [6.45, 7) is 0.762. The molecule has 0 bridgehead atoms. The summed E-state index contributed by atoms with van der Waals surface area (Å²) in [5.41, 5.74) is 5.75. The normalized spacial score (nSPS) is 19.7. The maximum absolute atomic E-state index is 12.5. The third-order valence-electron chi connectivity index (χ3n) is 3.01. The van der Waals surface area contributed by atoms with Crippen LogP contribution >= 0.6 is 39.9 Å². The third kappa shape index (κ3) is 3.40. The molecule has 0 radical (unpaired) electrons. The minimum absolute atomic E-state index is 0. The van der Waals surface area contributed by atoms with Crippen LogP contribution in [0.25, 0.3) is 0 Å². The monoisotopic (exact) mass is 404 g/mol. The van der Waals surface area contributed by atoms with E-state index >= 15 is 0 Å². The lowest BCUT2D eigenvalue weighted by atomic mass is 10.3. The Hall–Kier alpha value is -0.0500. The van der Waals surface area contributed by atoms with Crippen LogP contribution in [-0.4, -0.2) is 39.0 Å². The first-order valence-corrected chi connectivity index (χ1v) is 8.26. The Balaban J connectivity index is 0.00000200. The van der Waals surface area contributed by atoms with Crippen LogP contribution in [0.4, 0.5) is 0 Å². The number of ether oxygens (including phenoxy) is 1. The number of sulfonamides is 1. The van der Waals surface area contributed by atoms with Crippen molar-refractivity contribution in [3.8, 4) is 5.75 Å². The van der Waals surface area contributed by atoms with Gasteiger partial charge in [-0.05, 0) is 34.5 Å². The second-order valence-electron chi connectivity index (χ2n) is 4.33. The van der Waals surface area contributed by atoms with Gasteiger partial charge in [-0.15, -0.1) is 12.4 Å². The van der Waals surface area contributed by atoms with Crippen molar-refractivity contribution in [2.24, 2.45) is 5.73 Å². The van der Waals surface area contributed by atoms with E-state index < -0.39 is 10.0 Å². The molecule has 1 fully saturated rings. The Labute approximate surface area is 138 Å². The fourth-order valence-corrected chi connectivity index (χ4v) is 4.80. The van der Waals surface area contributed by atoms with E-state index in [0.29, 0.717) is 29.7 Å². The van der Waals surface area contributed by atoms with Gasteiger partial charge in [-0.1, -0.05) is 11.6 Å². The van der Waals surface area contributed by atoms with Crippen molar-refractivity contribution >= 4 is 50.0 Å². The molecule has 1 aromatic carbocycles. The minimum atomic E-state index is -3.58. The predicted octanol–water partition coefficient (Wildman–Crippen LogP) is 2.25. The van der Waals surface area contributed by atoms with Crippen molar-refractivity contribution in [2.45, 2.75) is 17.4 Å². The zero-order valence-corrected chi connectivity index (χ0v) is 14.7. The molecule has 0 aliphatic carbocycles. The van der Waals surface area contributed by atoms with E-state index in [1.165, 1.54) is 17.5 Å². The molecule has 0 unspecified atom stereocenters. The molecule has 1 atom stereocenters. The molecule has 20 heavy (non-hydrogen) atoms. The lowest BCUT2D eigenvalue weighted by molar-refractivity contribution is 0.414. The minimum Gasteiger partial charge on any atom is -0.495 e. The Morgan fingerprint density at radius 2 is 2.15 bits per heavy atom. The zero-order valence-electron chi connectivity index (χ0n) is 10.7. The highest BCUT2D eigenvalue weighted by atomic mass is 79.9. The summed E-state index contributed by atoms with van der Waals surface area (Å²) in [4.78, 5) is 0.132. The molecule has 0 amide bonds. The number of rotatable bonds is 3. The van der Waals surface area contributed by atoms with E-state index in [4.69, 9.17) is 22.1 Å². The van der Waals surface area contributed by atoms with Crippen LogP contribution in [0.5, 0.6) is 5.75 Å². The van der Waals surface area contributed by atoms with E-state index in [1.807, 2.05) is 0 Å². The summed E-state index contributed by atoms with van der Waals surface area (Å²) in [7, 11) is -2.11. The third-order valence-corrected chi connectivity index (χ3v) is 6.13. The number of methoxy groups -OCH3 is 1. The fraction of sp³-hybridized carbons (Fsp3) is 0.455. The first kappa shape index (κ1) is 18.0. The Kier molecular flexibility index (Phi) is 6.13. The molecular weight excluding hydrogens is 391 g/mol. The number of hydrogen-bond donors (Lipinski definition) is 1. The molecule has 114 valence electrons. The zero-order chi connectivity index (χ0) is 14.2. The SMILES string of the molecule is COc1cc(Br)c(S(=O)(=O)N2CC[C@@H](N)C2)cc1Cl.Cl. The van der Waals surface area contributed by atoms with Crippen molar-refractivity contribution in [3.05, 3.63) is 21.6 Å². The number of halogens is 3. The summed E-state index contributed by atoms with van der Waals surface area (Å²) >= 11 is 9.23. The fourth-order valence-electron chi connectivity index (χ4n) is 1.98. The molecule has 1 heterocycles. The van der Waals surface area contributed by atoms with Gasteiger partial charge < -0.3 is 10.5 Å². The quantitative estimate of drug-likeness (QED) is 0.836. The van der Waals surface area contributed by atoms with E-state index in [0.717, 1.165) is 0 Å². The van der Waals surface area contributed by atoms with Gasteiger partial charge in [0.1, 0.15) is 5.75 Å². The van der Waals surface area contributed by atoms with Gasteiger partial charge in [-0.3, -0.25) is 0 Å². The molecule has 0 spiro atoms. The summed E-state index contributed by atoms with van der Waals surface area (Å²) in [6.07, 6.45) is 0.667. The summed E-state index contributed by atoms with van der Waals surface area (Å²) in [5, 5.41) is 0.257. The Morgan fingerprint density at radius 3 is 2.65 bits per heavy atom. The maximum Gasteiger partial charge on any atom is 0.244 e. The summed E-state index contributed by atoms with van der Waals surface area (Å²) < 4.78 is 31.8. The van der Waals surface area contributed by atoms with E-state index in [-0.39, 0.29) is 28.4 Å². The first-order valence-electron chi connectivity index (χ1n) is 5.65. The van der Waals surface area contributed by atoms with Gasteiger partial charge in [0.25, 0.3) is 0 Å².